The lowest BCUT2D eigenvalue weighted by atomic mass is 10.1. The van der Waals surface area contributed by atoms with Gasteiger partial charge in [-0.2, -0.15) is 0 Å². The molecule has 0 aliphatic carbocycles. The number of rotatable bonds is 1. The Bertz CT molecular complexity index is 297. The van der Waals surface area contributed by atoms with E-state index in [2.05, 4.69) is 0 Å². The molecule has 1 atom stereocenters. The van der Waals surface area contributed by atoms with Gasteiger partial charge in [0.2, 0.25) is 0 Å². The van der Waals surface area contributed by atoms with Gasteiger partial charge in [0, 0.05) is 10.6 Å². The summed E-state index contributed by atoms with van der Waals surface area (Å²) >= 11 is 17.2. The van der Waals surface area contributed by atoms with E-state index in [1.54, 1.807) is 6.92 Å². The van der Waals surface area contributed by atoms with Crippen LogP contribution in [0, 0.1) is 5.82 Å². The van der Waals surface area contributed by atoms with Gasteiger partial charge in [-0.1, -0.05) is 23.2 Å². The number of hydrogen-bond acceptors (Lipinski definition) is 0. The third-order valence-corrected chi connectivity index (χ3v) is 2.41. The topological polar surface area (TPSA) is 0 Å². The Labute approximate surface area is 85.2 Å². The van der Waals surface area contributed by atoms with Crippen molar-refractivity contribution in [3.05, 3.63) is 33.6 Å². The van der Waals surface area contributed by atoms with Crippen molar-refractivity contribution in [2.75, 3.05) is 0 Å². The lowest BCUT2D eigenvalue weighted by molar-refractivity contribution is 0.626. The Kier molecular flexibility index (Phi) is 3.22. The molecule has 0 saturated heterocycles. The van der Waals surface area contributed by atoms with Gasteiger partial charge in [0.25, 0.3) is 0 Å². The molecule has 0 spiro atoms. The van der Waals surface area contributed by atoms with Crippen LogP contribution in [0.15, 0.2) is 12.1 Å². The fourth-order valence-corrected chi connectivity index (χ4v) is 1.94. The van der Waals surface area contributed by atoms with Crippen molar-refractivity contribution in [2.24, 2.45) is 0 Å². The standard InChI is InChI=1S/C8H6Cl3F/c1-4(9)7-5(10)2-3-6(12)8(7)11/h2-4H,1H3. The smallest absolute Gasteiger partial charge is 0.142 e. The minimum atomic E-state index is -0.497. The molecule has 0 saturated carbocycles. The van der Waals surface area contributed by atoms with E-state index in [0.29, 0.717) is 10.6 Å². The zero-order chi connectivity index (χ0) is 9.30. The van der Waals surface area contributed by atoms with Crippen LogP contribution in [0.2, 0.25) is 10.0 Å². The van der Waals surface area contributed by atoms with Gasteiger partial charge in [0.1, 0.15) is 5.82 Å². The molecule has 0 N–H and O–H groups in total. The summed E-state index contributed by atoms with van der Waals surface area (Å²) < 4.78 is 12.9. The molecule has 1 aromatic carbocycles. The van der Waals surface area contributed by atoms with E-state index in [1.165, 1.54) is 12.1 Å². The van der Waals surface area contributed by atoms with Gasteiger partial charge in [0.15, 0.2) is 0 Å². The molecule has 0 amide bonds. The summed E-state index contributed by atoms with van der Waals surface area (Å²) in [6.45, 7) is 1.69. The maximum Gasteiger partial charge on any atom is 0.142 e. The van der Waals surface area contributed by atoms with E-state index in [1.807, 2.05) is 0 Å². The van der Waals surface area contributed by atoms with Crippen LogP contribution in [0.25, 0.3) is 0 Å². The lowest BCUT2D eigenvalue weighted by Crippen LogP contribution is -1.90. The highest BCUT2D eigenvalue weighted by Crippen LogP contribution is 2.34. The molecule has 1 unspecified atom stereocenters. The Morgan fingerprint density at radius 1 is 1.33 bits per heavy atom. The molecule has 1 rings (SSSR count). The van der Waals surface area contributed by atoms with Crippen molar-refractivity contribution in [3.8, 4) is 0 Å². The summed E-state index contributed by atoms with van der Waals surface area (Å²) in [5.74, 6) is -0.497. The van der Waals surface area contributed by atoms with Crippen molar-refractivity contribution in [1.29, 1.82) is 0 Å². The first kappa shape index (κ1) is 10.1. The minimum absolute atomic E-state index is 0.00463. The van der Waals surface area contributed by atoms with Gasteiger partial charge in [-0.3, -0.25) is 0 Å². The highest BCUT2D eigenvalue weighted by Gasteiger charge is 2.14. The minimum Gasteiger partial charge on any atom is -0.205 e. The first-order valence-corrected chi connectivity index (χ1v) is 4.50. The number of benzene rings is 1. The summed E-state index contributed by atoms with van der Waals surface area (Å²) in [4.78, 5) is 0. The zero-order valence-corrected chi connectivity index (χ0v) is 8.51. The average Bonchev–Trinajstić information content (AvgIpc) is 1.97. The normalized spacial score (nSPS) is 13.1. The molecule has 4 heteroatoms. The van der Waals surface area contributed by atoms with Crippen molar-refractivity contribution in [2.45, 2.75) is 12.3 Å². The number of hydrogen-bond donors (Lipinski definition) is 0. The third-order valence-electron chi connectivity index (χ3n) is 1.48. The van der Waals surface area contributed by atoms with Gasteiger partial charge in [-0.05, 0) is 19.1 Å². The van der Waals surface area contributed by atoms with Crippen molar-refractivity contribution in [1.82, 2.24) is 0 Å². The van der Waals surface area contributed by atoms with Crippen LogP contribution in [0.3, 0.4) is 0 Å². The van der Waals surface area contributed by atoms with E-state index >= 15 is 0 Å². The lowest BCUT2D eigenvalue weighted by Gasteiger charge is -2.08. The van der Waals surface area contributed by atoms with Crippen molar-refractivity contribution >= 4 is 34.8 Å². The molecule has 0 nitrogen and oxygen atoms in total. The van der Waals surface area contributed by atoms with Crippen LogP contribution < -0.4 is 0 Å². The zero-order valence-electron chi connectivity index (χ0n) is 6.24. The molecule has 1 aromatic rings. The Morgan fingerprint density at radius 3 is 2.33 bits per heavy atom. The maximum absolute atomic E-state index is 12.9. The summed E-state index contributed by atoms with van der Waals surface area (Å²) in [5.41, 5.74) is 0.444. The first-order chi connectivity index (χ1) is 5.54. The van der Waals surface area contributed by atoms with E-state index in [9.17, 15) is 4.39 Å². The maximum atomic E-state index is 12.9. The molecular formula is C8H6Cl3F. The summed E-state index contributed by atoms with van der Waals surface area (Å²) in [7, 11) is 0. The van der Waals surface area contributed by atoms with E-state index in [-0.39, 0.29) is 10.4 Å². The van der Waals surface area contributed by atoms with Crippen molar-refractivity contribution < 1.29 is 4.39 Å². The van der Waals surface area contributed by atoms with Gasteiger partial charge in [-0.15, -0.1) is 11.6 Å². The van der Waals surface area contributed by atoms with E-state index < -0.39 is 5.82 Å². The SMILES string of the molecule is CC(Cl)c1c(Cl)ccc(F)c1Cl. The summed E-state index contributed by atoms with van der Waals surface area (Å²) in [6.07, 6.45) is 0. The molecular weight excluding hydrogens is 221 g/mol. The van der Waals surface area contributed by atoms with Crippen LogP contribution >= 0.6 is 34.8 Å². The van der Waals surface area contributed by atoms with Crippen LogP contribution in [-0.2, 0) is 0 Å². The third kappa shape index (κ3) is 1.85. The summed E-state index contributed by atoms with van der Waals surface area (Å²) in [6, 6.07) is 2.66. The van der Waals surface area contributed by atoms with Crippen LogP contribution in [0.4, 0.5) is 4.39 Å². The van der Waals surface area contributed by atoms with Crippen LogP contribution in [0.5, 0.6) is 0 Å². The van der Waals surface area contributed by atoms with Crippen molar-refractivity contribution in [3.63, 3.8) is 0 Å². The predicted molar refractivity (Wildman–Crippen MR) is 50.7 cm³/mol. The number of alkyl halides is 1. The Balaban J connectivity index is 3.33. The average molecular weight is 227 g/mol. The predicted octanol–water partition coefficient (Wildman–Crippen LogP) is 4.43. The Hall–Kier alpha value is 0.0200. The monoisotopic (exact) mass is 226 g/mol. The molecule has 0 aliphatic rings. The molecule has 0 aromatic heterocycles. The van der Waals surface area contributed by atoms with E-state index in [0.717, 1.165) is 0 Å². The molecule has 0 bridgehead atoms. The quantitative estimate of drug-likeness (QED) is 0.492. The van der Waals surface area contributed by atoms with Gasteiger partial charge >= 0.3 is 0 Å². The highest BCUT2D eigenvalue weighted by atomic mass is 35.5. The van der Waals surface area contributed by atoms with Gasteiger partial charge < -0.3 is 0 Å². The summed E-state index contributed by atoms with van der Waals surface area (Å²) in [5, 5.41) is 0.00889. The molecule has 0 heterocycles. The fourth-order valence-electron chi connectivity index (χ4n) is 0.907. The van der Waals surface area contributed by atoms with Crippen LogP contribution in [0.1, 0.15) is 17.9 Å². The fraction of sp³-hybridized carbons (Fsp3) is 0.250. The largest absolute Gasteiger partial charge is 0.205 e. The Morgan fingerprint density at radius 2 is 1.92 bits per heavy atom. The molecule has 0 fully saturated rings. The molecule has 66 valence electrons. The molecule has 12 heavy (non-hydrogen) atoms. The molecule has 0 aliphatic heterocycles. The second-order valence-corrected chi connectivity index (χ2v) is 3.81. The van der Waals surface area contributed by atoms with Gasteiger partial charge in [-0.25, -0.2) is 4.39 Å². The molecule has 0 radical (unpaired) electrons. The number of halogens is 4. The highest BCUT2D eigenvalue weighted by molar-refractivity contribution is 6.37. The second kappa shape index (κ2) is 3.82. The van der Waals surface area contributed by atoms with E-state index in [4.69, 9.17) is 34.8 Å². The van der Waals surface area contributed by atoms with Crippen LogP contribution in [-0.4, -0.2) is 0 Å². The second-order valence-electron chi connectivity index (χ2n) is 2.37. The first-order valence-electron chi connectivity index (χ1n) is 3.31. The van der Waals surface area contributed by atoms with Gasteiger partial charge in [0.05, 0.1) is 10.4 Å².